The highest BCUT2D eigenvalue weighted by Gasteiger charge is 2.11. The van der Waals surface area contributed by atoms with Crippen molar-refractivity contribution in [3.8, 4) is 5.75 Å². The van der Waals surface area contributed by atoms with Crippen LogP contribution in [-0.2, 0) is 0 Å². The van der Waals surface area contributed by atoms with E-state index in [9.17, 15) is 4.79 Å². The van der Waals surface area contributed by atoms with Gasteiger partial charge in [0.25, 0.3) is 0 Å². The summed E-state index contributed by atoms with van der Waals surface area (Å²) in [4.78, 5) is 12.1. The number of benzene rings is 2. The molecule has 110 valence electrons. The normalized spacial score (nSPS) is 10.5. The molecule has 0 atom stereocenters. The van der Waals surface area contributed by atoms with Crippen LogP contribution in [-0.4, -0.2) is 12.4 Å². The molecule has 2 aromatic carbocycles. The van der Waals surface area contributed by atoms with Crippen LogP contribution in [0.5, 0.6) is 5.75 Å². The lowest BCUT2D eigenvalue weighted by molar-refractivity contribution is 0.0920. The van der Waals surface area contributed by atoms with E-state index in [-0.39, 0.29) is 12.4 Å². The number of rotatable bonds is 4. The first kappa shape index (κ1) is 15.9. The van der Waals surface area contributed by atoms with Crippen molar-refractivity contribution in [2.45, 2.75) is 20.8 Å². The van der Waals surface area contributed by atoms with Crippen molar-refractivity contribution < 1.29 is 9.53 Å². The second kappa shape index (κ2) is 6.50. The lowest BCUT2D eigenvalue weighted by Gasteiger charge is -2.12. The van der Waals surface area contributed by atoms with Gasteiger partial charge in [0, 0.05) is 5.56 Å². The van der Waals surface area contributed by atoms with Crippen molar-refractivity contribution in [3.63, 3.8) is 0 Å². The van der Waals surface area contributed by atoms with Gasteiger partial charge in [0.05, 0.1) is 10.0 Å². The van der Waals surface area contributed by atoms with Crippen LogP contribution in [0.3, 0.4) is 0 Å². The molecule has 0 aliphatic carbocycles. The largest absolute Gasteiger partial charge is 0.485 e. The topological polar surface area (TPSA) is 26.3 Å². The van der Waals surface area contributed by atoms with Crippen LogP contribution in [0.2, 0.25) is 10.0 Å². The number of ketones is 1. The molecule has 0 unspecified atom stereocenters. The first-order valence-corrected chi connectivity index (χ1v) is 7.33. The Kier molecular flexibility index (Phi) is 4.92. The van der Waals surface area contributed by atoms with Gasteiger partial charge in [-0.2, -0.15) is 0 Å². The first-order valence-electron chi connectivity index (χ1n) is 6.57. The number of carbonyl (C=O) groups is 1. The number of carbonyl (C=O) groups excluding carboxylic acids is 1. The predicted octanol–water partition coefficient (Wildman–Crippen LogP) is 5.18. The molecule has 0 saturated heterocycles. The van der Waals surface area contributed by atoms with Crippen LogP contribution in [0.4, 0.5) is 0 Å². The van der Waals surface area contributed by atoms with Gasteiger partial charge in [-0.3, -0.25) is 4.79 Å². The number of aryl methyl sites for hydroxylation is 3. The predicted molar refractivity (Wildman–Crippen MR) is 86.9 cm³/mol. The van der Waals surface area contributed by atoms with Crippen molar-refractivity contribution in [1.82, 2.24) is 0 Å². The quantitative estimate of drug-likeness (QED) is 0.725. The standard InChI is InChI=1S/C17H16Cl2O2/c1-10-6-11(2)17(12(3)7-10)21-9-16(20)13-4-5-14(18)15(19)8-13/h4-8H,9H2,1-3H3. The molecular formula is C17H16Cl2O2. The van der Waals surface area contributed by atoms with E-state index in [1.165, 1.54) is 5.56 Å². The second-order valence-corrected chi connectivity index (χ2v) is 5.88. The minimum absolute atomic E-state index is 0.0251. The maximum Gasteiger partial charge on any atom is 0.200 e. The van der Waals surface area contributed by atoms with Gasteiger partial charge in [0.1, 0.15) is 5.75 Å². The highest BCUT2D eigenvalue weighted by molar-refractivity contribution is 6.42. The fourth-order valence-electron chi connectivity index (χ4n) is 2.29. The van der Waals surface area contributed by atoms with Gasteiger partial charge in [-0.1, -0.05) is 40.9 Å². The van der Waals surface area contributed by atoms with Crippen LogP contribution in [0.1, 0.15) is 27.0 Å². The van der Waals surface area contributed by atoms with Gasteiger partial charge in [0.2, 0.25) is 0 Å². The molecule has 0 heterocycles. The highest BCUT2D eigenvalue weighted by atomic mass is 35.5. The fraction of sp³-hybridized carbons (Fsp3) is 0.235. The minimum Gasteiger partial charge on any atom is -0.485 e. The molecule has 4 heteroatoms. The van der Waals surface area contributed by atoms with Gasteiger partial charge in [-0.25, -0.2) is 0 Å². The SMILES string of the molecule is Cc1cc(C)c(OCC(=O)c2ccc(Cl)c(Cl)c2)c(C)c1. The van der Waals surface area contributed by atoms with Crippen molar-refractivity contribution in [2.75, 3.05) is 6.61 Å². The van der Waals surface area contributed by atoms with Crippen molar-refractivity contribution in [2.24, 2.45) is 0 Å². The molecule has 21 heavy (non-hydrogen) atoms. The molecule has 0 fully saturated rings. The Balaban J connectivity index is 2.13. The Labute approximate surface area is 134 Å². The van der Waals surface area contributed by atoms with Gasteiger partial charge in [-0.05, 0) is 50.1 Å². The summed E-state index contributed by atoms with van der Waals surface area (Å²) in [6.07, 6.45) is 0. The molecule has 0 aliphatic heterocycles. The molecule has 2 aromatic rings. The Morgan fingerprint density at radius 3 is 2.19 bits per heavy atom. The maximum atomic E-state index is 12.1. The first-order chi connectivity index (χ1) is 9.88. The van der Waals surface area contributed by atoms with Crippen molar-refractivity contribution in [1.29, 1.82) is 0 Å². The van der Waals surface area contributed by atoms with Crippen LogP contribution >= 0.6 is 23.2 Å². The molecule has 0 radical (unpaired) electrons. The number of hydrogen-bond donors (Lipinski definition) is 0. The molecule has 0 bridgehead atoms. The summed E-state index contributed by atoms with van der Waals surface area (Å²) in [7, 11) is 0. The average Bonchev–Trinajstić information content (AvgIpc) is 2.40. The molecule has 0 saturated carbocycles. The van der Waals surface area contributed by atoms with Crippen molar-refractivity contribution in [3.05, 3.63) is 62.6 Å². The number of halogens is 2. The number of ether oxygens (including phenoxy) is 1. The second-order valence-electron chi connectivity index (χ2n) is 5.07. The number of hydrogen-bond acceptors (Lipinski definition) is 2. The third kappa shape index (κ3) is 3.78. The molecule has 0 amide bonds. The number of Topliss-reactive ketones (excluding diaryl/α,β-unsaturated/α-hetero) is 1. The molecule has 0 aliphatic rings. The molecule has 2 rings (SSSR count). The smallest absolute Gasteiger partial charge is 0.200 e. The molecule has 0 aromatic heterocycles. The summed E-state index contributed by atoms with van der Waals surface area (Å²) in [5.41, 5.74) is 3.71. The van der Waals surface area contributed by atoms with Gasteiger partial charge >= 0.3 is 0 Å². The van der Waals surface area contributed by atoms with E-state index >= 15 is 0 Å². The molecule has 0 spiro atoms. The zero-order valence-electron chi connectivity index (χ0n) is 12.2. The Bertz CT molecular complexity index is 670. The zero-order valence-corrected chi connectivity index (χ0v) is 13.7. The van der Waals surface area contributed by atoms with E-state index < -0.39 is 0 Å². The van der Waals surface area contributed by atoms with Crippen LogP contribution in [0.15, 0.2) is 30.3 Å². The monoisotopic (exact) mass is 322 g/mol. The van der Waals surface area contributed by atoms with Crippen LogP contribution in [0, 0.1) is 20.8 Å². The Morgan fingerprint density at radius 1 is 1.00 bits per heavy atom. The average molecular weight is 323 g/mol. The summed E-state index contributed by atoms with van der Waals surface area (Å²) >= 11 is 11.8. The minimum atomic E-state index is -0.132. The van der Waals surface area contributed by atoms with E-state index in [4.69, 9.17) is 27.9 Å². The van der Waals surface area contributed by atoms with Crippen molar-refractivity contribution >= 4 is 29.0 Å². The lowest BCUT2D eigenvalue weighted by atomic mass is 10.1. The summed E-state index contributed by atoms with van der Waals surface area (Å²) < 4.78 is 5.68. The Morgan fingerprint density at radius 2 is 1.62 bits per heavy atom. The third-order valence-electron chi connectivity index (χ3n) is 3.19. The molecular weight excluding hydrogens is 307 g/mol. The molecule has 0 N–H and O–H groups in total. The van der Waals surface area contributed by atoms with Crippen LogP contribution < -0.4 is 4.74 Å². The van der Waals surface area contributed by atoms with E-state index in [0.29, 0.717) is 15.6 Å². The summed E-state index contributed by atoms with van der Waals surface area (Å²) in [6, 6.07) is 8.89. The van der Waals surface area contributed by atoms with E-state index in [2.05, 4.69) is 0 Å². The van der Waals surface area contributed by atoms with E-state index in [0.717, 1.165) is 16.9 Å². The summed E-state index contributed by atoms with van der Waals surface area (Å²) in [5.74, 6) is 0.627. The zero-order chi connectivity index (χ0) is 15.6. The van der Waals surface area contributed by atoms with Gasteiger partial charge < -0.3 is 4.74 Å². The van der Waals surface area contributed by atoms with E-state index in [1.807, 2.05) is 32.9 Å². The highest BCUT2D eigenvalue weighted by Crippen LogP contribution is 2.26. The van der Waals surface area contributed by atoms with E-state index in [1.54, 1.807) is 18.2 Å². The maximum absolute atomic E-state index is 12.1. The lowest BCUT2D eigenvalue weighted by Crippen LogP contribution is -2.12. The van der Waals surface area contributed by atoms with Gasteiger partial charge in [-0.15, -0.1) is 0 Å². The van der Waals surface area contributed by atoms with Gasteiger partial charge in [0.15, 0.2) is 12.4 Å². The summed E-state index contributed by atoms with van der Waals surface area (Å²) in [6.45, 7) is 5.95. The third-order valence-corrected chi connectivity index (χ3v) is 3.93. The summed E-state index contributed by atoms with van der Waals surface area (Å²) in [5, 5.41) is 0.796. The van der Waals surface area contributed by atoms with Crippen LogP contribution in [0.25, 0.3) is 0 Å². The Hall–Kier alpha value is -1.51. The molecule has 2 nitrogen and oxygen atoms in total. The fourth-order valence-corrected chi connectivity index (χ4v) is 2.58.